The summed E-state index contributed by atoms with van der Waals surface area (Å²) in [5.41, 5.74) is 6.85. The molecule has 0 amide bonds. The highest BCUT2D eigenvalue weighted by Gasteiger charge is 2.34. The van der Waals surface area contributed by atoms with Gasteiger partial charge in [0.2, 0.25) is 0 Å². The first-order valence-corrected chi connectivity index (χ1v) is 16.5. The highest BCUT2D eigenvalue weighted by atomic mass is 28.3. The largest absolute Gasteiger partial charge is 0.341 e. The minimum atomic E-state index is -1.12. The van der Waals surface area contributed by atoms with Crippen molar-refractivity contribution >= 4 is 29.9 Å². The molecular weight excluding hydrogens is 460 g/mol. The van der Waals surface area contributed by atoms with Gasteiger partial charge in [-0.3, -0.25) is 0 Å². The molecule has 0 saturated carbocycles. The van der Waals surface area contributed by atoms with Crippen LogP contribution >= 0.6 is 0 Å². The highest BCUT2D eigenvalue weighted by molar-refractivity contribution is 6.78. The SMILES string of the molecule is C[Si]1(C)CNC(c2ncc(-c3ccc(-c4ccc5c(ccc6[nH]c([C@@H]7CCCN7)nc65)c4)cc3)[nH]2)C1. The van der Waals surface area contributed by atoms with E-state index in [4.69, 9.17) is 9.97 Å². The van der Waals surface area contributed by atoms with Crippen molar-refractivity contribution in [2.45, 2.75) is 44.1 Å². The summed E-state index contributed by atoms with van der Waals surface area (Å²) in [6.07, 6.45) is 5.50. The maximum atomic E-state index is 4.98. The number of nitrogens with one attached hydrogen (secondary N) is 4. The minimum absolute atomic E-state index is 0.347. The number of benzene rings is 3. The van der Waals surface area contributed by atoms with Crippen molar-refractivity contribution in [3.63, 3.8) is 0 Å². The van der Waals surface area contributed by atoms with E-state index in [0.717, 1.165) is 41.3 Å². The van der Waals surface area contributed by atoms with E-state index in [2.05, 4.69) is 88.3 Å². The first kappa shape index (κ1) is 22.0. The summed E-state index contributed by atoms with van der Waals surface area (Å²) in [6.45, 7) is 5.96. The Labute approximate surface area is 212 Å². The van der Waals surface area contributed by atoms with Gasteiger partial charge in [-0.2, -0.15) is 0 Å². The van der Waals surface area contributed by atoms with E-state index < -0.39 is 8.07 Å². The summed E-state index contributed by atoms with van der Waals surface area (Å²) in [5.74, 6) is 2.13. The predicted octanol–water partition coefficient (Wildman–Crippen LogP) is 6.09. The van der Waals surface area contributed by atoms with Crippen LogP contribution in [-0.2, 0) is 0 Å². The number of rotatable bonds is 4. The molecule has 4 heterocycles. The zero-order chi connectivity index (χ0) is 24.3. The van der Waals surface area contributed by atoms with Gasteiger partial charge in [-0.05, 0) is 65.8 Å². The second-order valence-electron chi connectivity index (χ2n) is 11.2. The van der Waals surface area contributed by atoms with E-state index in [1.54, 1.807) is 0 Å². The summed E-state index contributed by atoms with van der Waals surface area (Å²) in [4.78, 5) is 16.8. The number of imidazole rings is 2. The zero-order valence-electron chi connectivity index (χ0n) is 20.9. The molecule has 7 heteroatoms. The van der Waals surface area contributed by atoms with E-state index in [-0.39, 0.29) is 0 Å². The molecule has 2 aliphatic heterocycles. The molecule has 2 atom stereocenters. The average Bonchev–Trinajstić information content (AvgIpc) is 3.69. The van der Waals surface area contributed by atoms with Gasteiger partial charge in [0.15, 0.2) is 0 Å². The standard InChI is InChI=1S/C29H32N6Si/c1-36(2)16-26(32-17-36)28-31-15-25(34-28)19-7-5-18(6-8-19)20-9-11-22-21(14-20)10-12-23-27(22)35-29(33-23)24-4-3-13-30-24/h5-12,14-15,24,26,30,32H,3-4,13,16-17H2,1-2H3,(H,31,34)(H,33,35)/t24-,26?/m0/s1. The number of hydrogen-bond acceptors (Lipinski definition) is 4. The average molecular weight is 493 g/mol. The molecule has 7 rings (SSSR count). The molecule has 1 unspecified atom stereocenters. The predicted molar refractivity (Wildman–Crippen MR) is 150 cm³/mol. The fraction of sp³-hybridized carbons (Fsp3) is 0.310. The Morgan fingerprint density at radius 1 is 0.833 bits per heavy atom. The molecule has 182 valence electrons. The van der Waals surface area contributed by atoms with Gasteiger partial charge in [0.05, 0.1) is 43.1 Å². The lowest BCUT2D eigenvalue weighted by atomic mass is 9.99. The molecule has 2 saturated heterocycles. The number of H-pyrrole nitrogens is 2. The maximum absolute atomic E-state index is 4.98. The Bertz CT molecular complexity index is 1560. The number of nitrogens with zero attached hydrogens (tertiary/aromatic N) is 2. The first-order valence-electron chi connectivity index (χ1n) is 13.1. The summed E-state index contributed by atoms with van der Waals surface area (Å²) in [7, 11) is -1.12. The normalized spacial score (nSPS) is 21.6. The lowest BCUT2D eigenvalue weighted by Gasteiger charge is -2.11. The molecular formula is C29H32N6Si. The Hall–Kier alpha value is -3.26. The molecule has 3 aromatic carbocycles. The van der Waals surface area contributed by atoms with Crippen molar-refractivity contribution in [1.29, 1.82) is 0 Å². The maximum Gasteiger partial charge on any atom is 0.124 e. The molecule has 2 fully saturated rings. The smallest absolute Gasteiger partial charge is 0.124 e. The molecule has 0 radical (unpaired) electrons. The number of hydrogen-bond donors (Lipinski definition) is 4. The van der Waals surface area contributed by atoms with Crippen molar-refractivity contribution in [2.75, 3.05) is 12.7 Å². The van der Waals surface area contributed by atoms with Crippen molar-refractivity contribution in [3.05, 3.63) is 72.4 Å². The van der Waals surface area contributed by atoms with Crippen LogP contribution in [0.25, 0.3) is 44.2 Å². The Balaban J connectivity index is 1.15. The summed E-state index contributed by atoms with van der Waals surface area (Å²) < 4.78 is 0. The third-order valence-corrected chi connectivity index (χ3v) is 10.6. The van der Waals surface area contributed by atoms with Gasteiger partial charge in [-0.15, -0.1) is 0 Å². The minimum Gasteiger partial charge on any atom is -0.341 e. The van der Waals surface area contributed by atoms with Crippen LogP contribution in [0.2, 0.25) is 19.1 Å². The van der Waals surface area contributed by atoms with Gasteiger partial charge in [0, 0.05) is 5.39 Å². The number of aromatic nitrogens is 4. The Morgan fingerprint density at radius 2 is 1.67 bits per heavy atom. The summed E-state index contributed by atoms with van der Waals surface area (Å²) >= 11 is 0. The van der Waals surface area contributed by atoms with Crippen molar-refractivity contribution < 1.29 is 0 Å². The molecule has 2 aromatic heterocycles. The van der Waals surface area contributed by atoms with Gasteiger partial charge in [0.25, 0.3) is 0 Å². The highest BCUT2D eigenvalue weighted by Crippen LogP contribution is 2.33. The summed E-state index contributed by atoms with van der Waals surface area (Å²) in [6, 6.07) is 21.8. The molecule has 4 N–H and O–H groups in total. The molecule has 6 nitrogen and oxygen atoms in total. The van der Waals surface area contributed by atoms with Gasteiger partial charge in [0.1, 0.15) is 11.6 Å². The first-order chi connectivity index (χ1) is 17.5. The van der Waals surface area contributed by atoms with Gasteiger partial charge in [-0.25, -0.2) is 9.97 Å². The van der Waals surface area contributed by atoms with E-state index in [9.17, 15) is 0 Å². The summed E-state index contributed by atoms with van der Waals surface area (Å²) in [5, 5.41) is 9.62. The van der Waals surface area contributed by atoms with E-state index in [1.165, 1.54) is 46.1 Å². The van der Waals surface area contributed by atoms with Gasteiger partial charge >= 0.3 is 0 Å². The quantitative estimate of drug-likeness (QED) is 0.229. The molecule has 2 aliphatic rings. The number of fused-ring (bicyclic) bond motifs is 3. The topological polar surface area (TPSA) is 81.4 Å². The monoisotopic (exact) mass is 492 g/mol. The Morgan fingerprint density at radius 3 is 2.44 bits per heavy atom. The van der Waals surface area contributed by atoms with Crippen molar-refractivity contribution in [1.82, 2.24) is 30.6 Å². The van der Waals surface area contributed by atoms with Crippen LogP contribution in [0.4, 0.5) is 0 Å². The lowest BCUT2D eigenvalue weighted by Crippen LogP contribution is -2.28. The zero-order valence-corrected chi connectivity index (χ0v) is 21.9. The van der Waals surface area contributed by atoms with Crippen LogP contribution < -0.4 is 10.6 Å². The van der Waals surface area contributed by atoms with Crippen LogP contribution in [0.1, 0.15) is 36.6 Å². The van der Waals surface area contributed by atoms with Crippen LogP contribution in [0, 0.1) is 0 Å². The van der Waals surface area contributed by atoms with Crippen LogP contribution in [-0.4, -0.2) is 40.7 Å². The second-order valence-corrected chi connectivity index (χ2v) is 16.3. The van der Waals surface area contributed by atoms with Crippen molar-refractivity contribution in [3.8, 4) is 22.4 Å². The molecule has 0 spiro atoms. The van der Waals surface area contributed by atoms with E-state index >= 15 is 0 Å². The molecule has 36 heavy (non-hydrogen) atoms. The lowest BCUT2D eigenvalue weighted by molar-refractivity contribution is 0.614. The van der Waals surface area contributed by atoms with Crippen LogP contribution in [0.15, 0.2) is 60.8 Å². The molecule has 5 aromatic rings. The molecule has 0 aliphatic carbocycles. The fourth-order valence-corrected chi connectivity index (χ4v) is 8.26. The van der Waals surface area contributed by atoms with Gasteiger partial charge < -0.3 is 20.6 Å². The van der Waals surface area contributed by atoms with Crippen molar-refractivity contribution in [2.24, 2.45) is 0 Å². The third-order valence-electron chi connectivity index (χ3n) is 7.92. The van der Waals surface area contributed by atoms with E-state index in [1.807, 2.05) is 6.20 Å². The van der Waals surface area contributed by atoms with Crippen LogP contribution in [0.3, 0.4) is 0 Å². The fourth-order valence-electron chi connectivity index (χ4n) is 5.88. The second kappa shape index (κ2) is 8.40. The van der Waals surface area contributed by atoms with Gasteiger partial charge in [-0.1, -0.05) is 55.6 Å². The Kier molecular flexibility index (Phi) is 5.13. The molecule has 0 bridgehead atoms. The third kappa shape index (κ3) is 3.88. The van der Waals surface area contributed by atoms with E-state index in [0.29, 0.717) is 12.1 Å². The van der Waals surface area contributed by atoms with Crippen LogP contribution in [0.5, 0.6) is 0 Å². The number of aromatic amines is 2.